The number of hydrogen-bond donors (Lipinski definition) is 0. The molecule has 0 bridgehead atoms. The average molecular weight is 226 g/mol. The predicted molar refractivity (Wildman–Crippen MR) is 69.0 cm³/mol. The highest BCUT2D eigenvalue weighted by molar-refractivity contribution is 5.16. The van der Waals surface area contributed by atoms with Crippen LogP contribution in [0.4, 0.5) is 0 Å². The van der Waals surface area contributed by atoms with Gasteiger partial charge in [0.05, 0.1) is 0 Å². The number of rotatable bonds is 3. The summed E-state index contributed by atoms with van der Waals surface area (Å²) in [6, 6.07) is 10.6. The molecule has 2 nitrogen and oxygen atoms in total. The van der Waals surface area contributed by atoms with E-state index in [9.17, 15) is 0 Å². The summed E-state index contributed by atoms with van der Waals surface area (Å²) in [5.74, 6) is 1.97. The first-order valence-electron chi connectivity index (χ1n) is 6.48. The van der Waals surface area contributed by atoms with Crippen molar-refractivity contribution in [2.75, 3.05) is 0 Å². The monoisotopic (exact) mass is 226 g/mol. The third-order valence-corrected chi connectivity index (χ3v) is 3.66. The lowest BCUT2D eigenvalue weighted by atomic mass is 10.1. The molecule has 0 aliphatic heterocycles. The minimum Gasteiger partial charge on any atom is -0.330 e. The number of imidazole rings is 1. The second-order valence-electron chi connectivity index (χ2n) is 4.88. The molecular weight excluding hydrogens is 208 g/mol. The quantitative estimate of drug-likeness (QED) is 0.782. The fraction of sp³-hybridized carbons (Fsp3) is 0.400. The Balaban J connectivity index is 1.81. The normalized spacial score (nSPS) is 16.5. The van der Waals surface area contributed by atoms with Crippen LogP contribution in [0.2, 0.25) is 0 Å². The van der Waals surface area contributed by atoms with E-state index in [0.717, 1.165) is 6.54 Å². The average Bonchev–Trinajstić information content (AvgIpc) is 3.00. The second kappa shape index (κ2) is 4.74. The number of hydrogen-bond acceptors (Lipinski definition) is 1. The van der Waals surface area contributed by atoms with Gasteiger partial charge in [0.1, 0.15) is 5.82 Å². The van der Waals surface area contributed by atoms with E-state index in [1.54, 1.807) is 0 Å². The fourth-order valence-electron chi connectivity index (χ4n) is 2.78. The van der Waals surface area contributed by atoms with E-state index in [-0.39, 0.29) is 0 Å². The van der Waals surface area contributed by atoms with Crippen LogP contribution in [0, 0.1) is 0 Å². The minimum atomic E-state index is 0.689. The maximum absolute atomic E-state index is 4.56. The van der Waals surface area contributed by atoms with Crippen molar-refractivity contribution in [2.24, 2.45) is 0 Å². The van der Waals surface area contributed by atoms with Gasteiger partial charge >= 0.3 is 0 Å². The molecule has 0 unspecified atom stereocenters. The Morgan fingerprint density at radius 3 is 2.65 bits per heavy atom. The van der Waals surface area contributed by atoms with Gasteiger partial charge in [0.2, 0.25) is 0 Å². The first kappa shape index (κ1) is 10.6. The topological polar surface area (TPSA) is 17.8 Å². The zero-order valence-electron chi connectivity index (χ0n) is 10.0. The largest absolute Gasteiger partial charge is 0.330 e. The molecule has 17 heavy (non-hydrogen) atoms. The molecular formula is C15H18N2. The van der Waals surface area contributed by atoms with Gasteiger partial charge in [0, 0.05) is 24.9 Å². The summed E-state index contributed by atoms with van der Waals surface area (Å²) < 4.78 is 2.31. The van der Waals surface area contributed by atoms with Crippen molar-refractivity contribution in [2.45, 2.75) is 38.1 Å². The molecule has 1 heterocycles. The van der Waals surface area contributed by atoms with Gasteiger partial charge in [-0.2, -0.15) is 0 Å². The maximum Gasteiger partial charge on any atom is 0.112 e. The molecule has 0 spiro atoms. The van der Waals surface area contributed by atoms with E-state index < -0.39 is 0 Å². The van der Waals surface area contributed by atoms with Crippen LogP contribution in [-0.4, -0.2) is 9.55 Å². The Kier molecular flexibility index (Phi) is 2.95. The molecule has 1 aromatic heterocycles. The van der Waals surface area contributed by atoms with Gasteiger partial charge in [0.25, 0.3) is 0 Å². The molecule has 0 saturated heterocycles. The SMILES string of the molecule is c1ccc(Cn2ccnc2C2CCCC2)cc1. The molecule has 1 saturated carbocycles. The predicted octanol–water partition coefficient (Wildman–Crippen LogP) is 3.59. The number of aromatic nitrogens is 2. The van der Waals surface area contributed by atoms with Gasteiger partial charge < -0.3 is 4.57 Å². The zero-order valence-corrected chi connectivity index (χ0v) is 10.0. The van der Waals surface area contributed by atoms with E-state index >= 15 is 0 Å². The molecule has 88 valence electrons. The third kappa shape index (κ3) is 2.26. The molecule has 1 aliphatic rings. The molecule has 1 aliphatic carbocycles. The molecule has 0 radical (unpaired) electrons. The summed E-state index contributed by atoms with van der Waals surface area (Å²) in [4.78, 5) is 4.56. The Hall–Kier alpha value is -1.57. The van der Waals surface area contributed by atoms with Crippen molar-refractivity contribution in [3.05, 3.63) is 54.1 Å². The Bertz CT molecular complexity index is 467. The molecule has 0 atom stereocenters. The molecule has 0 amide bonds. The van der Waals surface area contributed by atoms with Gasteiger partial charge in [-0.1, -0.05) is 43.2 Å². The molecule has 2 aromatic rings. The summed E-state index contributed by atoms with van der Waals surface area (Å²) in [6.07, 6.45) is 9.40. The van der Waals surface area contributed by atoms with Crippen LogP contribution in [0.15, 0.2) is 42.7 Å². The molecule has 1 fully saturated rings. The van der Waals surface area contributed by atoms with Gasteiger partial charge in [-0.25, -0.2) is 4.98 Å². The lowest BCUT2D eigenvalue weighted by Gasteiger charge is -2.12. The molecule has 2 heteroatoms. The van der Waals surface area contributed by atoms with Gasteiger partial charge in [-0.3, -0.25) is 0 Å². The zero-order chi connectivity index (χ0) is 11.5. The number of benzene rings is 1. The van der Waals surface area contributed by atoms with E-state index in [1.165, 1.54) is 37.1 Å². The molecule has 0 N–H and O–H groups in total. The summed E-state index contributed by atoms with van der Waals surface area (Å²) in [7, 11) is 0. The van der Waals surface area contributed by atoms with E-state index in [2.05, 4.69) is 46.1 Å². The van der Waals surface area contributed by atoms with Crippen molar-refractivity contribution in [1.29, 1.82) is 0 Å². The van der Waals surface area contributed by atoms with Gasteiger partial charge in [-0.05, 0) is 18.4 Å². The van der Waals surface area contributed by atoms with Crippen LogP contribution in [0.5, 0.6) is 0 Å². The fourth-order valence-corrected chi connectivity index (χ4v) is 2.78. The minimum absolute atomic E-state index is 0.689. The summed E-state index contributed by atoms with van der Waals surface area (Å²) in [5.41, 5.74) is 1.35. The van der Waals surface area contributed by atoms with Crippen molar-refractivity contribution in [3.63, 3.8) is 0 Å². The summed E-state index contributed by atoms with van der Waals surface area (Å²) in [5, 5.41) is 0. The van der Waals surface area contributed by atoms with Crippen LogP contribution in [0.3, 0.4) is 0 Å². The molecule has 3 rings (SSSR count). The van der Waals surface area contributed by atoms with Crippen molar-refractivity contribution < 1.29 is 0 Å². The Morgan fingerprint density at radius 2 is 1.88 bits per heavy atom. The summed E-state index contributed by atoms with van der Waals surface area (Å²) in [6.45, 7) is 0.951. The van der Waals surface area contributed by atoms with Crippen LogP contribution in [-0.2, 0) is 6.54 Å². The smallest absolute Gasteiger partial charge is 0.112 e. The van der Waals surface area contributed by atoms with E-state index in [1.807, 2.05) is 6.20 Å². The van der Waals surface area contributed by atoms with Gasteiger partial charge in [-0.15, -0.1) is 0 Å². The van der Waals surface area contributed by atoms with E-state index in [0.29, 0.717) is 5.92 Å². The first-order valence-corrected chi connectivity index (χ1v) is 6.48. The first-order chi connectivity index (χ1) is 8.43. The van der Waals surface area contributed by atoms with Crippen LogP contribution < -0.4 is 0 Å². The lowest BCUT2D eigenvalue weighted by Crippen LogP contribution is -2.07. The highest BCUT2D eigenvalue weighted by atomic mass is 15.1. The van der Waals surface area contributed by atoms with Crippen LogP contribution in [0.1, 0.15) is 43.0 Å². The highest BCUT2D eigenvalue weighted by Gasteiger charge is 2.21. The lowest BCUT2D eigenvalue weighted by molar-refractivity contribution is 0.610. The summed E-state index contributed by atoms with van der Waals surface area (Å²) >= 11 is 0. The standard InChI is InChI=1S/C15H18N2/c1-2-6-13(7-3-1)12-17-11-10-16-15(17)14-8-4-5-9-14/h1-3,6-7,10-11,14H,4-5,8-9,12H2. The Morgan fingerprint density at radius 1 is 1.12 bits per heavy atom. The van der Waals surface area contributed by atoms with Crippen LogP contribution >= 0.6 is 0 Å². The second-order valence-corrected chi connectivity index (χ2v) is 4.88. The third-order valence-electron chi connectivity index (χ3n) is 3.66. The Labute approximate surface area is 102 Å². The molecule has 1 aromatic carbocycles. The van der Waals surface area contributed by atoms with Crippen molar-refractivity contribution in [1.82, 2.24) is 9.55 Å². The van der Waals surface area contributed by atoms with Crippen molar-refractivity contribution in [3.8, 4) is 0 Å². The highest BCUT2D eigenvalue weighted by Crippen LogP contribution is 2.33. The van der Waals surface area contributed by atoms with Crippen LogP contribution in [0.25, 0.3) is 0 Å². The number of nitrogens with zero attached hydrogens (tertiary/aromatic N) is 2. The van der Waals surface area contributed by atoms with Gasteiger partial charge in [0.15, 0.2) is 0 Å². The van der Waals surface area contributed by atoms with Crippen molar-refractivity contribution >= 4 is 0 Å². The van der Waals surface area contributed by atoms with E-state index in [4.69, 9.17) is 0 Å². The maximum atomic E-state index is 4.56.